The SMILES string of the molecule is CC1(C)CC(C(=O)C2CNCCN2c2cc3c(cc2F)C(=O)N(C2CCC(=O)NC2=O)C3)C1. The van der Waals surface area contributed by atoms with Gasteiger partial charge in [-0.05, 0) is 42.4 Å². The van der Waals surface area contributed by atoms with Crippen LogP contribution in [-0.2, 0) is 20.9 Å². The number of carbonyl (C=O) groups excluding carboxylic acids is 4. The number of amides is 3. The van der Waals surface area contributed by atoms with Crippen LogP contribution in [0.5, 0.6) is 0 Å². The average molecular weight is 457 g/mol. The number of anilines is 1. The third-order valence-corrected chi connectivity index (χ3v) is 7.47. The van der Waals surface area contributed by atoms with Crippen molar-refractivity contribution in [2.24, 2.45) is 11.3 Å². The summed E-state index contributed by atoms with van der Waals surface area (Å²) in [6.45, 7) is 6.08. The van der Waals surface area contributed by atoms with Crippen molar-refractivity contribution < 1.29 is 23.6 Å². The molecule has 1 aliphatic carbocycles. The van der Waals surface area contributed by atoms with E-state index >= 15 is 4.39 Å². The number of imide groups is 1. The van der Waals surface area contributed by atoms with Crippen molar-refractivity contribution >= 4 is 29.2 Å². The lowest BCUT2D eigenvalue weighted by Crippen LogP contribution is -2.58. The fourth-order valence-electron chi connectivity index (χ4n) is 5.79. The van der Waals surface area contributed by atoms with Crippen molar-refractivity contribution in [1.82, 2.24) is 15.5 Å². The van der Waals surface area contributed by atoms with Crippen LogP contribution in [0.25, 0.3) is 0 Å². The van der Waals surface area contributed by atoms with E-state index in [9.17, 15) is 19.2 Å². The molecule has 3 fully saturated rings. The molecule has 0 radical (unpaired) electrons. The summed E-state index contributed by atoms with van der Waals surface area (Å²) in [6, 6.07) is 1.69. The lowest BCUT2D eigenvalue weighted by atomic mass is 9.62. The van der Waals surface area contributed by atoms with Gasteiger partial charge < -0.3 is 15.1 Å². The minimum Gasteiger partial charge on any atom is -0.357 e. The van der Waals surface area contributed by atoms with Gasteiger partial charge in [-0.15, -0.1) is 0 Å². The van der Waals surface area contributed by atoms with Gasteiger partial charge >= 0.3 is 0 Å². The highest BCUT2D eigenvalue weighted by molar-refractivity contribution is 6.05. The van der Waals surface area contributed by atoms with Crippen molar-refractivity contribution in [1.29, 1.82) is 0 Å². The van der Waals surface area contributed by atoms with E-state index in [1.54, 1.807) is 6.07 Å². The van der Waals surface area contributed by atoms with E-state index in [1.165, 1.54) is 11.0 Å². The minimum atomic E-state index is -0.746. The third kappa shape index (κ3) is 3.82. The molecule has 176 valence electrons. The van der Waals surface area contributed by atoms with Gasteiger partial charge in [-0.2, -0.15) is 0 Å². The molecule has 3 amide bonds. The van der Waals surface area contributed by atoms with Gasteiger partial charge in [-0.1, -0.05) is 13.8 Å². The van der Waals surface area contributed by atoms with E-state index < -0.39 is 29.7 Å². The number of nitrogens with zero attached hydrogens (tertiary/aromatic N) is 2. The Morgan fingerprint density at radius 3 is 2.61 bits per heavy atom. The first-order chi connectivity index (χ1) is 15.6. The monoisotopic (exact) mass is 456 g/mol. The van der Waals surface area contributed by atoms with Crippen LogP contribution in [0.2, 0.25) is 0 Å². The summed E-state index contributed by atoms with van der Waals surface area (Å²) in [4.78, 5) is 53.2. The standard InChI is InChI=1S/C24H29FN4O4/c1-24(2)9-14(10-24)21(31)19-11-26-5-6-28(19)18-7-13-12-29(23(33)15(13)8-16(18)25)17-3-4-20(30)27-22(17)32/h7-8,14,17,19,26H,3-6,9-12H2,1-2H3,(H,27,30,32). The molecule has 0 bridgehead atoms. The quantitative estimate of drug-likeness (QED) is 0.664. The molecule has 0 aromatic heterocycles. The second kappa shape index (κ2) is 7.90. The van der Waals surface area contributed by atoms with E-state index in [2.05, 4.69) is 24.5 Å². The van der Waals surface area contributed by atoms with Crippen molar-refractivity contribution in [2.75, 3.05) is 24.5 Å². The molecule has 1 aromatic carbocycles. The molecule has 33 heavy (non-hydrogen) atoms. The topological polar surface area (TPSA) is 98.8 Å². The molecule has 2 atom stereocenters. The highest BCUT2D eigenvalue weighted by atomic mass is 19.1. The first-order valence-electron chi connectivity index (χ1n) is 11.6. The second-order valence-corrected chi connectivity index (χ2v) is 10.4. The Bertz CT molecular complexity index is 1050. The van der Waals surface area contributed by atoms with Crippen LogP contribution in [-0.4, -0.2) is 60.1 Å². The Morgan fingerprint density at radius 2 is 1.91 bits per heavy atom. The van der Waals surface area contributed by atoms with Crippen LogP contribution in [0.1, 0.15) is 55.5 Å². The lowest BCUT2D eigenvalue weighted by Gasteiger charge is -2.46. The van der Waals surface area contributed by atoms with E-state index in [1.807, 2.05) is 4.90 Å². The summed E-state index contributed by atoms with van der Waals surface area (Å²) in [6.07, 6.45) is 2.11. The minimum absolute atomic E-state index is 0.00511. The maximum atomic E-state index is 15.3. The molecule has 1 aromatic rings. The van der Waals surface area contributed by atoms with Gasteiger partial charge in [0.25, 0.3) is 5.91 Å². The Morgan fingerprint density at radius 1 is 1.15 bits per heavy atom. The average Bonchev–Trinajstić information content (AvgIpc) is 3.06. The van der Waals surface area contributed by atoms with Crippen molar-refractivity contribution in [2.45, 2.75) is 58.2 Å². The summed E-state index contributed by atoms with van der Waals surface area (Å²) >= 11 is 0. The van der Waals surface area contributed by atoms with Crippen LogP contribution in [0.3, 0.4) is 0 Å². The summed E-state index contributed by atoms with van der Waals surface area (Å²) in [7, 11) is 0. The van der Waals surface area contributed by atoms with Gasteiger partial charge in [0, 0.05) is 44.1 Å². The Balaban J connectivity index is 1.39. The van der Waals surface area contributed by atoms with Gasteiger partial charge in [-0.3, -0.25) is 24.5 Å². The van der Waals surface area contributed by atoms with Crippen LogP contribution in [0, 0.1) is 17.2 Å². The third-order valence-electron chi connectivity index (χ3n) is 7.47. The maximum Gasteiger partial charge on any atom is 0.255 e. The molecule has 5 rings (SSSR count). The number of halogens is 1. The number of benzene rings is 1. The molecule has 2 unspecified atom stereocenters. The van der Waals surface area contributed by atoms with Crippen molar-refractivity contribution in [3.05, 3.63) is 29.1 Å². The number of hydrogen-bond acceptors (Lipinski definition) is 6. The van der Waals surface area contributed by atoms with Crippen molar-refractivity contribution in [3.63, 3.8) is 0 Å². The summed E-state index contributed by atoms with van der Waals surface area (Å²) in [5, 5.41) is 5.53. The normalized spacial score (nSPS) is 27.3. The number of piperidine rings is 1. The lowest BCUT2D eigenvalue weighted by molar-refractivity contribution is -0.137. The predicted octanol–water partition coefficient (Wildman–Crippen LogP) is 1.37. The smallest absolute Gasteiger partial charge is 0.255 e. The van der Waals surface area contributed by atoms with E-state index in [-0.39, 0.29) is 48.0 Å². The molecule has 3 aliphatic heterocycles. The predicted molar refractivity (Wildman–Crippen MR) is 118 cm³/mol. The fourth-order valence-corrected chi connectivity index (χ4v) is 5.79. The summed E-state index contributed by atoms with van der Waals surface area (Å²) in [5.41, 5.74) is 1.37. The molecule has 1 saturated carbocycles. The first kappa shape index (κ1) is 22.0. The van der Waals surface area contributed by atoms with Gasteiger partial charge in [0.05, 0.1) is 5.69 Å². The maximum absolute atomic E-state index is 15.3. The number of Topliss-reactive ketones (excluding diaryl/α,β-unsaturated/α-hetero) is 1. The largest absolute Gasteiger partial charge is 0.357 e. The Labute approximate surface area is 191 Å². The van der Waals surface area contributed by atoms with Gasteiger partial charge in [0.2, 0.25) is 11.8 Å². The Kier molecular flexibility index (Phi) is 5.27. The molecule has 0 spiro atoms. The zero-order chi connectivity index (χ0) is 23.5. The van der Waals surface area contributed by atoms with Crippen molar-refractivity contribution in [3.8, 4) is 0 Å². The summed E-state index contributed by atoms with van der Waals surface area (Å²) in [5.74, 6) is -1.66. The number of ketones is 1. The molecule has 8 nitrogen and oxygen atoms in total. The first-order valence-corrected chi connectivity index (χ1v) is 11.6. The number of carbonyl (C=O) groups is 4. The zero-order valence-corrected chi connectivity index (χ0v) is 18.9. The molecule has 2 N–H and O–H groups in total. The molecular weight excluding hydrogens is 427 g/mol. The number of hydrogen-bond donors (Lipinski definition) is 2. The van der Waals surface area contributed by atoms with Gasteiger partial charge in [0.1, 0.15) is 17.9 Å². The van der Waals surface area contributed by atoms with E-state index in [0.29, 0.717) is 30.9 Å². The highest BCUT2D eigenvalue weighted by Crippen LogP contribution is 2.46. The molecule has 3 heterocycles. The van der Waals surface area contributed by atoms with Crippen LogP contribution < -0.4 is 15.5 Å². The number of rotatable bonds is 4. The number of fused-ring (bicyclic) bond motifs is 1. The van der Waals surface area contributed by atoms with Crippen LogP contribution in [0.15, 0.2) is 12.1 Å². The van der Waals surface area contributed by atoms with E-state index in [0.717, 1.165) is 12.8 Å². The highest BCUT2D eigenvalue weighted by Gasteiger charge is 2.45. The molecule has 4 aliphatic rings. The van der Waals surface area contributed by atoms with Gasteiger partial charge in [0.15, 0.2) is 5.78 Å². The second-order valence-electron chi connectivity index (χ2n) is 10.4. The van der Waals surface area contributed by atoms with Crippen LogP contribution >= 0.6 is 0 Å². The molecule has 9 heteroatoms. The molecular formula is C24H29FN4O4. The zero-order valence-electron chi connectivity index (χ0n) is 18.9. The van der Waals surface area contributed by atoms with Crippen LogP contribution in [0.4, 0.5) is 10.1 Å². The fraction of sp³-hybridized carbons (Fsp3) is 0.583. The van der Waals surface area contributed by atoms with Gasteiger partial charge in [-0.25, -0.2) is 4.39 Å². The van der Waals surface area contributed by atoms with E-state index in [4.69, 9.17) is 0 Å². The number of piperazine rings is 1. The summed E-state index contributed by atoms with van der Waals surface area (Å²) < 4.78 is 15.3. The number of nitrogens with one attached hydrogen (secondary N) is 2. The molecule has 2 saturated heterocycles. The Hall–Kier alpha value is -2.81.